The van der Waals surface area contributed by atoms with Crippen molar-refractivity contribution < 1.29 is 23.9 Å². The van der Waals surface area contributed by atoms with Crippen LogP contribution in [0.2, 0.25) is 0 Å². The van der Waals surface area contributed by atoms with Crippen LogP contribution >= 0.6 is 15.9 Å². The molecule has 4 amide bonds. The smallest absolute Gasteiger partial charge is 0.325 e. The van der Waals surface area contributed by atoms with Crippen molar-refractivity contribution in [2.45, 2.75) is 18.9 Å². The minimum atomic E-state index is -0.779. The maximum absolute atomic E-state index is 11.8. The SMILES string of the molecule is O=C(COC(=O)CNC(=O)c1ccc(Br)cc1)NC(=O)NC1CC1. The molecule has 9 heteroatoms. The molecule has 24 heavy (non-hydrogen) atoms. The Morgan fingerprint density at radius 2 is 1.79 bits per heavy atom. The molecule has 1 fully saturated rings. The van der Waals surface area contributed by atoms with Gasteiger partial charge in [-0.3, -0.25) is 19.7 Å². The Balaban J connectivity index is 1.63. The monoisotopic (exact) mass is 397 g/mol. The Morgan fingerprint density at radius 1 is 1.12 bits per heavy atom. The summed E-state index contributed by atoms with van der Waals surface area (Å²) < 4.78 is 5.51. The van der Waals surface area contributed by atoms with Crippen LogP contribution in [-0.4, -0.2) is 43.0 Å². The van der Waals surface area contributed by atoms with Gasteiger partial charge in [-0.05, 0) is 37.1 Å². The van der Waals surface area contributed by atoms with Crippen molar-refractivity contribution in [1.82, 2.24) is 16.0 Å². The van der Waals surface area contributed by atoms with E-state index in [0.29, 0.717) is 5.56 Å². The quantitative estimate of drug-likeness (QED) is 0.611. The first kappa shape index (κ1) is 17.9. The van der Waals surface area contributed by atoms with E-state index >= 15 is 0 Å². The molecule has 1 saturated carbocycles. The van der Waals surface area contributed by atoms with Gasteiger partial charge in [0.1, 0.15) is 6.54 Å². The summed E-state index contributed by atoms with van der Waals surface area (Å²) in [6.45, 7) is -0.971. The number of esters is 1. The van der Waals surface area contributed by atoms with Crippen LogP contribution < -0.4 is 16.0 Å². The van der Waals surface area contributed by atoms with Gasteiger partial charge < -0.3 is 15.4 Å². The van der Waals surface area contributed by atoms with Gasteiger partial charge >= 0.3 is 12.0 Å². The number of ether oxygens (including phenoxy) is 1. The van der Waals surface area contributed by atoms with E-state index in [9.17, 15) is 19.2 Å². The van der Waals surface area contributed by atoms with E-state index in [1.54, 1.807) is 24.3 Å². The van der Waals surface area contributed by atoms with Gasteiger partial charge in [0, 0.05) is 16.1 Å². The third kappa shape index (κ3) is 6.37. The molecule has 1 aliphatic rings. The second kappa shape index (κ2) is 8.44. The van der Waals surface area contributed by atoms with Gasteiger partial charge in [-0.1, -0.05) is 15.9 Å². The lowest BCUT2D eigenvalue weighted by molar-refractivity contribution is -0.147. The first-order valence-corrected chi connectivity index (χ1v) is 8.03. The van der Waals surface area contributed by atoms with Crippen molar-refractivity contribution in [3.63, 3.8) is 0 Å². The Hall–Kier alpha value is -2.42. The summed E-state index contributed by atoms with van der Waals surface area (Å²) >= 11 is 3.25. The summed E-state index contributed by atoms with van der Waals surface area (Å²) in [6, 6.07) is 6.10. The van der Waals surface area contributed by atoms with Gasteiger partial charge in [-0.2, -0.15) is 0 Å². The highest BCUT2D eigenvalue weighted by atomic mass is 79.9. The van der Waals surface area contributed by atoms with Gasteiger partial charge in [0.2, 0.25) is 0 Å². The standard InChI is InChI=1S/C15H16BrN3O5/c16-10-3-1-9(2-4-10)14(22)17-7-13(21)24-8-12(20)19-15(23)18-11-5-6-11/h1-4,11H,5-8H2,(H,17,22)(H2,18,19,20,23). The van der Waals surface area contributed by atoms with E-state index in [1.807, 2.05) is 5.32 Å². The number of urea groups is 1. The molecule has 0 bridgehead atoms. The normalized spacial score (nSPS) is 12.9. The van der Waals surface area contributed by atoms with Gasteiger partial charge in [0.05, 0.1) is 0 Å². The molecule has 0 atom stereocenters. The molecule has 0 saturated heterocycles. The highest BCUT2D eigenvalue weighted by molar-refractivity contribution is 9.10. The number of imide groups is 1. The van der Waals surface area contributed by atoms with Gasteiger partial charge in [-0.15, -0.1) is 0 Å². The second-order valence-corrected chi connectivity index (χ2v) is 6.06. The van der Waals surface area contributed by atoms with Crippen molar-refractivity contribution >= 4 is 39.7 Å². The fraction of sp³-hybridized carbons (Fsp3) is 0.333. The lowest BCUT2D eigenvalue weighted by atomic mass is 10.2. The molecular formula is C15H16BrN3O5. The van der Waals surface area contributed by atoms with Crippen LogP contribution in [-0.2, 0) is 14.3 Å². The molecule has 0 heterocycles. The number of carbonyl (C=O) groups is 4. The van der Waals surface area contributed by atoms with Crippen LogP contribution in [0.25, 0.3) is 0 Å². The Kier molecular flexibility index (Phi) is 6.30. The molecule has 0 unspecified atom stereocenters. The average molecular weight is 398 g/mol. The molecule has 1 aromatic carbocycles. The minimum absolute atomic E-state index is 0.120. The zero-order valence-electron chi connectivity index (χ0n) is 12.6. The van der Waals surface area contributed by atoms with Crippen LogP contribution in [0.4, 0.5) is 4.79 Å². The lowest BCUT2D eigenvalue weighted by Gasteiger charge is -2.07. The van der Waals surface area contributed by atoms with E-state index in [4.69, 9.17) is 0 Å². The summed E-state index contributed by atoms with van der Waals surface area (Å²) in [5, 5.41) is 6.98. The largest absolute Gasteiger partial charge is 0.454 e. The number of amides is 4. The van der Waals surface area contributed by atoms with E-state index in [0.717, 1.165) is 17.3 Å². The predicted octanol–water partition coefficient (Wildman–Crippen LogP) is 0.710. The molecule has 8 nitrogen and oxygen atoms in total. The molecule has 0 radical (unpaired) electrons. The maximum atomic E-state index is 11.8. The molecule has 128 valence electrons. The highest BCUT2D eigenvalue weighted by Gasteiger charge is 2.24. The number of rotatable bonds is 6. The summed E-state index contributed by atoms with van der Waals surface area (Å²) in [6.07, 6.45) is 1.79. The maximum Gasteiger partial charge on any atom is 0.325 e. The first-order chi connectivity index (χ1) is 11.4. The number of hydrogen-bond donors (Lipinski definition) is 3. The van der Waals surface area contributed by atoms with Crippen LogP contribution in [0, 0.1) is 0 Å². The van der Waals surface area contributed by atoms with Crippen molar-refractivity contribution in [1.29, 1.82) is 0 Å². The summed E-state index contributed by atoms with van der Waals surface area (Å²) in [4.78, 5) is 46.0. The number of nitrogens with one attached hydrogen (secondary N) is 3. The minimum Gasteiger partial charge on any atom is -0.454 e. The zero-order chi connectivity index (χ0) is 17.5. The molecule has 0 aromatic heterocycles. The summed E-state index contributed by atoms with van der Waals surface area (Å²) in [5.74, 6) is -1.95. The molecule has 3 N–H and O–H groups in total. The van der Waals surface area contributed by atoms with E-state index in [2.05, 4.69) is 31.3 Å². The first-order valence-electron chi connectivity index (χ1n) is 7.24. The fourth-order valence-electron chi connectivity index (χ4n) is 1.66. The fourth-order valence-corrected chi connectivity index (χ4v) is 1.93. The van der Waals surface area contributed by atoms with Crippen LogP contribution in [0.5, 0.6) is 0 Å². The zero-order valence-corrected chi connectivity index (χ0v) is 14.2. The van der Waals surface area contributed by atoms with Crippen LogP contribution in [0.15, 0.2) is 28.7 Å². The lowest BCUT2D eigenvalue weighted by Crippen LogP contribution is -2.42. The molecule has 0 aliphatic heterocycles. The predicted molar refractivity (Wildman–Crippen MR) is 87.1 cm³/mol. The third-order valence-corrected chi connectivity index (χ3v) is 3.56. The van der Waals surface area contributed by atoms with E-state index in [1.165, 1.54) is 0 Å². The van der Waals surface area contributed by atoms with E-state index in [-0.39, 0.29) is 12.6 Å². The topological polar surface area (TPSA) is 114 Å². The molecule has 1 aliphatic carbocycles. The van der Waals surface area contributed by atoms with E-state index < -0.39 is 30.4 Å². The third-order valence-electron chi connectivity index (χ3n) is 3.03. The Morgan fingerprint density at radius 3 is 2.42 bits per heavy atom. The van der Waals surface area contributed by atoms with Gasteiger partial charge in [-0.25, -0.2) is 4.79 Å². The molecule has 1 aromatic rings. The number of carbonyl (C=O) groups excluding carboxylic acids is 4. The second-order valence-electron chi connectivity index (χ2n) is 5.15. The van der Waals surface area contributed by atoms with Gasteiger partial charge in [0.15, 0.2) is 6.61 Å². The molecule has 2 rings (SSSR count). The van der Waals surface area contributed by atoms with Crippen molar-refractivity contribution in [3.05, 3.63) is 34.3 Å². The number of benzene rings is 1. The summed E-state index contributed by atoms with van der Waals surface area (Å²) in [7, 11) is 0. The molecule has 0 spiro atoms. The molecular weight excluding hydrogens is 382 g/mol. The number of hydrogen-bond acceptors (Lipinski definition) is 5. The van der Waals surface area contributed by atoms with Crippen LogP contribution in [0.1, 0.15) is 23.2 Å². The van der Waals surface area contributed by atoms with Crippen molar-refractivity contribution in [2.24, 2.45) is 0 Å². The van der Waals surface area contributed by atoms with Gasteiger partial charge in [0.25, 0.3) is 11.8 Å². The number of halogens is 1. The Bertz CT molecular complexity index is 643. The summed E-state index contributed by atoms with van der Waals surface area (Å²) in [5.41, 5.74) is 0.389. The van der Waals surface area contributed by atoms with Crippen molar-refractivity contribution in [2.75, 3.05) is 13.2 Å². The van der Waals surface area contributed by atoms with Crippen LogP contribution in [0.3, 0.4) is 0 Å². The average Bonchev–Trinajstić information content (AvgIpc) is 3.35. The van der Waals surface area contributed by atoms with Crippen molar-refractivity contribution in [3.8, 4) is 0 Å². The highest BCUT2D eigenvalue weighted by Crippen LogP contribution is 2.18. The Labute approximate surface area is 146 Å².